The first-order valence-electron chi connectivity index (χ1n) is 21.0. The van der Waals surface area contributed by atoms with Crippen LogP contribution in [0, 0.1) is 26.6 Å². The summed E-state index contributed by atoms with van der Waals surface area (Å²) in [5.41, 5.74) is 8.40. The van der Waals surface area contributed by atoms with Crippen molar-refractivity contribution >= 4 is 56.8 Å². The SMILES string of the molecule is Cc1cc(C)c(CNC(=O)c2cc(-c3ccccc3)cc3c2c(Cl)cn3C(C)Cc2cc(C)[nH]c(=O)c2CNC(=O)c2cc(-c3ccc(F)cc3)cc3c2c(Cl)cn3C(C)C)c(=O)[nH]1. The van der Waals surface area contributed by atoms with Gasteiger partial charge in [-0.25, -0.2) is 4.39 Å². The fraction of sp³-hybridized carbons (Fsp3) is 0.216. The normalized spacial score (nSPS) is 12.0. The van der Waals surface area contributed by atoms with Crippen molar-refractivity contribution in [3.8, 4) is 22.3 Å². The molecule has 8 rings (SSSR count). The molecule has 0 bridgehead atoms. The number of aryl methyl sites for hydroxylation is 3. The first-order valence-corrected chi connectivity index (χ1v) is 21.8. The van der Waals surface area contributed by atoms with Crippen LogP contribution in [0.5, 0.6) is 0 Å². The van der Waals surface area contributed by atoms with Gasteiger partial charge in [-0.2, -0.15) is 0 Å². The largest absolute Gasteiger partial charge is 0.348 e. The van der Waals surface area contributed by atoms with Gasteiger partial charge < -0.3 is 29.7 Å². The average Bonchev–Trinajstić information content (AvgIpc) is 3.78. The number of nitrogens with zero attached hydrogens (tertiary/aromatic N) is 2. The summed E-state index contributed by atoms with van der Waals surface area (Å²) in [6.45, 7) is 11.4. The van der Waals surface area contributed by atoms with Crippen LogP contribution in [0.3, 0.4) is 0 Å². The first-order chi connectivity index (χ1) is 30.6. The zero-order chi connectivity index (χ0) is 45.6. The van der Waals surface area contributed by atoms with Gasteiger partial charge in [-0.15, -0.1) is 0 Å². The molecule has 1 atom stereocenters. The van der Waals surface area contributed by atoms with Gasteiger partial charge in [-0.1, -0.05) is 65.7 Å². The highest BCUT2D eigenvalue weighted by atomic mass is 35.5. The van der Waals surface area contributed by atoms with E-state index in [0.29, 0.717) is 66.3 Å². The quantitative estimate of drug-likeness (QED) is 0.0971. The number of carbonyl (C=O) groups is 2. The molecule has 0 aliphatic rings. The Bertz CT molecular complexity index is 3240. The molecule has 4 aromatic carbocycles. The van der Waals surface area contributed by atoms with Crippen LogP contribution in [0.4, 0.5) is 4.39 Å². The van der Waals surface area contributed by atoms with Crippen molar-refractivity contribution in [3.63, 3.8) is 0 Å². The number of halogens is 3. The van der Waals surface area contributed by atoms with E-state index in [0.717, 1.165) is 39.0 Å². The van der Waals surface area contributed by atoms with Gasteiger partial charge in [0.15, 0.2) is 0 Å². The molecule has 13 heteroatoms. The number of carbonyl (C=O) groups excluding carboxylic acids is 2. The lowest BCUT2D eigenvalue weighted by atomic mass is 9.98. The molecule has 0 saturated carbocycles. The summed E-state index contributed by atoms with van der Waals surface area (Å²) in [5, 5.41) is 7.86. The summed E-state index contributed by atoms with van der Waals surface area (Å²) < 4.78 is 17.9. The molecule has 0 aliphatic heterocycles. The molecular weight excluding hydrogens is 851 g/mol. The third-order valence-corrected chi connectivity index (χ3v) is 12.4. The topological polar surface area (TPSA) is 134 Å². The molecule has 326 valence electrons. The first kappa shape index (κ1) is 43.9. The van der Waals surface area contributed by atoms with Crippen molar-refractivity contribution in [2.24, 2.45) is 0 Å². The Kier molecular flexibility index (Phi) is 12.2. The summed E-state index contributed by atoms with van der Waals surface area (Å²) in [6, 6.07) is 26.8. The number of fused-ring (bicyclic) bond motifs is 2. The molecule has 0 radical (unpaired) electrons. The van der Waals surface area contributed by atoms with Gasteiger partial charge in [-0.05, 0) is 130 Å². The van der Waals surface area contributed by atoms with Gasteiger partial charge in [-0.3, -0.25) is 19.2 Å². The minimum absolute atomic E-state index is 0.0234. The number of benzene rings is 4. The van der Waals surface area contributed by atoms with Crippen LogP contribution in [0.2, 0.25) is 10.0 Å². The van der Waals surface area contributed by atoms with Crippen LogP contribution in [0.1, 0.15) is 87.2 Å². The van der Waals surface area contributed by atoms with Crippen molar-refractivity contribution in [1.82, 2.24) is 29.7 Å². The number of pyridine rings is 2. The monoisotopic (exact) mass is 896 g/mol. The zero-order valence-corrected chi connectivity index (χ0v) is 37.8. The number of amides is 2. The van der Waals surface area contributed by atoms with Crippen molar-refractivity contribution in [3.05, 3.63) is 185 Å². The van der Waals surface area contributed by atoms with Crippen LogP contribution in [-0.4, -0.2) is 30.9 Å². The minimum Gasteiger partial charge on any atom is -0.348 e. The van der Waals surface area contributed by atoms with E-state index in [1.165, 1.54) is 12.1 Å². The maximum atomic E-state index is 14.3. The molecule has 0 aliphatic carbocycles. The predicted molar refractivity (Wildman–Crippen MR) is 254 cm³/mol. The second-order valence-electron chi connectivity index (χ2n) is 16.7. The van der Waals surface area contributed by atoms with Gasteiger partial charge in [0.2, 0.25) is 0 Å². The van der Waals surface area contributed by atoms with Crippen molar-refractivity contribution in [2.45, 2.75) is 73.1 Å². The van der Waals surface area contributed by atoms with E-state index in [2.05, 4.69) is 20.6 Å². The molecule has 4 aromatic heterocycles. The fourth-order valence-electron chi connectivity index (χ4n) is 8.64. The summed E-state index contributed by atoms with van der Waals surface area (Å²) in [6.07, 6.45) is 3.97. The Morgan fingerprint density at radius 1 is 0.641 bits per heavy atom. The molecule has 1 unspecified atom stereocenters. The third-order valence-electron chi connectivity index (χ3n) is 11.8. The summed E-state index contributed by atoms with van der Waals surface area (Å²) >= 11 is 13.8. The second kappa shape index (κ2) is 17.8. The van der Waals surface area contributed by atoms with Crippen LogP contribution >= 0.6 is 23.2 Å². The van der Waals surface area contributed by atoms with Gasteiger partial charge in [0.25, 0.3) is 22.9 Å². The third kappa shape index (κ3) is 8.65. The number of hydrogen-bond acceptors (Lipinski definition) is 4. The summed E-state index contributed by atoms with van der Waals surface area (Å²) in [5.74, 6) is -1.19. The molecule has 0 saturated heterocycles. The van der Waals surface area contributed by atoms with E-state index in [4.69, 9.17) is 23.2 Å². The molecule has 4 N–H and O–H groups in total. The van der Waals surface area contributed by atoms with Gasteiger partial charge in [0.1, 0.15) is 5.82 Å². The minimum atomic E-state index is -0.430. The van der Waals surface area contributed by atoms with Crippen molar-refractivity contribution in [2.75, 3.05) is 0 Å². The Morgan fingerprint density at radius 2 is 1.14 bits per heavy atom. The van der Waals surface area contributed by atoms with E-state index in [9.17, 15) is 23.6 Å². The lowest BCUT2D eigenvalue weighted by molar-refractivity contribution is 0.0944. The van der Waals surface area contributed by atoms with E-state index in [-0.39, 0.29) is 48.0 Å². The van der Waals surface area contributed by atoms with Crippen molar-refractivity contribution < 1.29 is 14.0 Å². The highest BCUT2D eigenvalue weighted by Crippen LogP contribution is 2.38. The highest BCUT2D eigenvalue weighted by molar-refractivity contribution is 6.37. The van der Waals surface area contributed by atoms with Gasteiger partial charge in [0.05, 0.1) is 32.2 Å². The zero-order valence-electron chi connectivity index (χ0n) is 36.3. The van der Waals surface area contributed by atoms with Crippen LogP contribution in [0.25, 0.3) is 44.1 Å². The number of aromatic amines is 2. The molecule has 0 fully saturated rings. The Hall–Kier alpha value is -6.69. The number of H-pyrrole nitrogens is 2. The molecule has 10 nitrogen and oxygen atoms in total. The van der Waals surface area contributed by atoms with Gasteiger partial charge in [0, 0.05) is 70.9 Å². The maximum absolute atomic E-state index is 14.3. The molecule has 4 heterocycles. The lowest BCUT2D eigenvalue weighted by Crippen LogP contribution is -2.29. The number of hydrogen-bond donors (Lipinski definition) is 4. The van der Waals surface area contributed by atoms with Crippen LogP contribution in [-0.2, 0) is 19.5 Å². The maximum Gasteiger partial charge on any atom is 0.253 e. The van der Waals surface area contributed by atoms with Crippen LogP contribution < -0.4 is 21.8 Å². The lowest BCUT2D eigenvalue weighted by Gasteiger charge is -2.19. The second-order valence-corrected chi connectivity index (χ2v) is 17.5. The highest BCUT2D eigenvalue weighted by Gasteiger charge is 2.24. The smallest absolute Gasteiger partial charge is 0.253 e. The molecule has 64 heavy (non-hydrogen) atoms. The van der Waals surface area contributed by atoms with E-state index < -0.39 is 5.91 Å². The fourth-order valence-corrected chi connectivity index (χ4v) is 9.25. The Morgan fingerprint density at radius 3 is 1.70 bits per heavy atom. The van der Waals surface area contributed by atoms with Crippen LogP contribution in [0.15, 0.2) is 113 Å². The van der Waals surface area contributed by atoms with Crippen molar-refractivity contribution in [1.29, 1.82) is 0 Å². The number of nitrogens with one attached hydrogen (secondary N) is 4. The molecule has 2 amide bonds. The van der Waals surface area contributed by atoms with Gasteiger partial charge >= 0.3 is 0 Å². The number of rotatable bonds is 12. The van der Waals surface area contributed by atoms with E-state index >= 15 is 0 Å². The van der Waals surface area contributed by atoms with E-state index in [1.54, 1.807) is 30.6 Å². The summed E-state index contributed by atoms with van der Waals surface area (Å²) in [7, 11) is 0. The molecule has 8 aromatic rings. The summed E-state index contributed by atoms with van der Waals surface area (Å²) in [4.78, 5) is 60.7. The Labute approximate surface area is 379 Å². The molecular formula is C51H47Cl2FN6O4. The molecule has 0 spiro atoms. The number of aromatic nitrogens is 4. The predicted octanol–water partition coefficient (Wildman–Crippen LogP) is 10.9. The standard InChI is InChI=1S/C51H47Cl2FN6O4/c1-27(2)59-25-42(52)46-38(20-35(21-44(46)59)33-12-14-37(54)15-13-33)49(62)56-24-41-36(17-30(5)58-51(41)64)18-31(6)60-26-43(53)47-39(19-34(22-45(47)60)32-10-8-7-9-11-32)48(61)55-23-40-28(3)16-29(4)57-50(40)63/h7-17,19-22,25-27,31H,18,23-24H2,1-6H3,(H,55,61)(H,56,62)(H,57,63)(H,58,64). The Balaban J connectivity index is 1.13. The van der Waals surface area contributed by atoms with E-state index in [1.807, 2.05) is 111 Å². The average molecular weight is 898 g/mol.